The molecular weight excluding hydrogens is 448 g/mol. The molecule has 208 valence electrons. The van der Waals surface area contributed by atoms with Crippen molar-refractivity contribution in [1.29, 1.82) is 0 Å². The summed E-state index contributed by atoms with van der Waals surface area (Å²) in [6.07, 6.45) is 5.66. The van der Waals surface area contributed by atoms with E-state index in [0.29, 0.717) is 6.42 Å². The van der Waals surface area contributed by atoms with Gasteiger partial charge in [-0.2, -0.15) is 0 Å². The smallest absolute Gasteiger partial charge is 0.335 e. The number of carbonyl (C=O) groups is 1. The Balaban J connectivity index is 4.02. The molecule has 0 aliphatic carbocycles. The predicted molar refractivity (Wildman–Crippen MR) is 140 cm³/mol. The van der Waals surface area contributed by atoms with Crippen LogP contribution in [-0.4, -0.2) is 67.1 Å². The lowest BCUT2D eigenvalue weighted by molar-refractivity contribution is -0.168. The fourth-order valence-electron chi connectivity index (χ4n) is 4.42. The van der Waals surface area contributed by atoms with Gasteiger partial charge in [0, 0.05) is 0 Å². The topological polar surface area (TPSA) is 138 Å². The zero-order chi connectivity index (χ0) is 27.0. The van der Waals surface area contributed by atoms with E-state index in [2.05, 4.69) is 40.7 Å². The zero-order valence-electron chi connectivity index (χ0n) is 22.8. The summed E-state index contributed by atoms with van der Waals surface area (Å²) in [5.41, 5.74) is 1.30. The van der Waals surface area contributed by atoms with E-state index in [1.54, 1.807) is 0 Å². The Bertz CT molecular complexity index is 578. The molecule has 0 bridgehead atoms. The first-order chi connectivity index (χ1) is 16.4. The number of aliphatic hydroxyl groups is 5. The number of unbranched alkanes of at least 4 members (excludes halogenated alkanes) is 1. The first-order valence-electron chi connectivity index (χ1n) is 13.7. The molecule has 0 heterocycles. The van der Waals surface area contributed by atoms with Crippen LogP contribution in [-0.2, 0) is 4.79 Å². The van der Waals surface area contributed by atoms with Crippen molar-refractivity contribution in [2.45, 2.75) is 142 Å². The third-order valence-electron chi connectivity index (χ3n) is 7.01. The highest BCUT2D eigenvalue weighted by atomic mass is 16.4. The van der Waals surface area contributed by atoms with Crippen molar-refractivity contribution in [3.05, 3.63) is 11.6 Å². The highest BCUT2D eigenvalue weighted by molar-refractivity contribution is 5.72. The van der Waals surface area contributed by atoms with Crippen LogP contribution < -0.4 is 0 Å². The molecule has 7 nitrogen and oxygen atoms in total. The van der Waals surface area contributed by atoms with E-state index < -0.39 is 36.5 Å². The Hall–Kier alpha value is -0.990. The molecule has 35 heavy (non-hydrogen) atoms. The van der Waals surface area contributed by atoms with Gasteiger partial charge in [-0.3, -0.25) is 0 Å². The van der Waals surface area contributed by atoms with Crippen LogP contribution in [0.4, 0.5) is 0 Å². The van der Waals surface area contributed by atoms with Crippen molar-refractivity contribution in [2.24, 2.45) is 17.8 Å². The van der Waals surface area contributed by atoms with Crippen LogP contribution in [0.25, 0.3) is 0 Å². The molecule has 0 radical (unpaired) electrons. The van der Waals surface area contributed by atoms with Crippen LogP contribution >= 0.6 is 0 Å². The third-order valence-corrected chi connectivity index (χ3v) is 7.01. The second kappa shape index (κ2) is 19.2. The normalized spacial score (nSPS) is 18.7. The first-order valence-corrected chi connectivity index (χ1v) is 13.7. The van der Waals surface area contributed by atoms with Gasteiger partial charge < -0.3 is 30.6 Å². The molecule has 0 fully saturated rings. The van der Waals surface area contributed by atoms with Crippen molar-refractivity contribution in [3.63, 3.8) is 0 Å². The molecular formula is C28H54O7. The van der Waals surface area contributed by atoms with Gasteiger partial charge >= 0.3 is 5.97 Å². The molecule has 0 saturated heterocycles. The van der Waals surface area contributed by atoms with Crippen LogP contribution in [0.1, 0.15) is 112 Å². The minimum Gasteiger partial charge on any atom is -0.479 e. The van der Waals surface area contributed by atoms with Gasteiger partial charge in [0.25, 0.3) is 0 Å². The molecule has 0 amide bonds. The molecule has 6 N–H and O–H groups in total. The number of aliphatic carboxylic acids is 1. The fraction of sp³-hybridized carbons (Fsp3) is 0.893. The predicted octanol–water partition coefficient (Wildman–Crippen LogP) is 4.43. The molecule has 7 atom stereocenters. The van der Waals surface area contributed by atoms with Gasteiger partial charge in [0.1, 0.15) is 18.3 Å². The van der Waals surface area contributed by atoms with Crippen LogP contribution in [0.5, 0.6) is 0 Å². The molecule has 0 aromatic heterocycles. The largest absolute Gasteiger partial charge is 0.479 e. The Kier molecular flexibility index (Phi) is 18.6. The summed E-state index contributed by atoms with van der Waals surface area (Å²) in [7, 11) is 0. The van der Waals surface area contributed by atoms with Gasteiger partial charge in [-0.15, -0.1) is 0 Å². The van der Waals surface area contributed by atoms with Crippen LogP contribution in [0.15, 0.2) is 11.6 Å². The zero-order valence-corrected chi connectivity index (χ0v) is 22.8. The number of carboxylic acids is 1. The molecule has 3 unspecified atom stereocenters. The fourth-order valence-corrected chi connectivity index (χ4v) is 4.42. The highest BCUT2D eigenvalue weighted by Crippen LogP contribution is 2.22. The maximum absolute atomic E-state index is 10.7. The van der Waals surface area contributed by atoms with Gasteiger partial charge in [0.2, 0.25) is 0 Å². The average Bonchev–Trinajstić information content (AvgIpc) is 2.79. The van der Waals surface area contributed by atoms with Crippen LogP contribution in [0.3, 0.4) is 0 Å². The van der Waals surface area contributed by atoms with Gasteiger partial charge in [0.05, 0.1) is 6.10 Å². The number of rotatable bonds is 21. The highest BCUT2D eigenvalue weighted by Gasteiger charge is 2.36. The average molecular weight is 503 g/mol. The summed E-state index contributed by atoms with van der Waals surface area (Å²) in [6.45, 7) is 11.4. The van der Waals surface area contributed by atoms with Crippen molar-refractivity contribution in [3.8, 4) is 0 Å². The number of allylic oxidation sites excluding steroid dienone is 2. The lowest BCUT2D eigenvalue weighted by Gasteiger charge is -2.27. The minimum atomic E-state index is -2.23. The van der Waals surface area contributed by atoms with Gasteiger partial charge in [-0.1, -0.05) is 84.3 Å². The summed E-state index contributed by atoms with van der Waals surface area (Å²) in [6, 6.07) is 0. The number of hydrogen-bond donors (Lipinski definition) is 6. The van der Waals surface area contributed by atoms with Gasteiger partial charge in [-0.05, 0) is 56.8 Å². The lowest BCUT2D eigenvalue weighted by Crippen LogP contribution is -2.51. The van der Waals surface area contributed by atoms with Crippen molar-refractivity contribution < 1.29 is 35.4 Å². The van der Waals surface area contributed by atoms with E-state index in [1.165, 1.54) is 50.5 Å². The number of carboxylic acid groups (broad SMARTS) is 1. The van der Waals surface area contributed by atoms with E-state index in [1.807, 2.05) is 0 Å². The second-order valence-corrected chi connectivity index (χ2v) is 11.2. The molecule has 0 aromatic rings. The first kappa shape index (κ1) is 34.0. The Morgan fingerprint density at radius 2 is 1.20 bits per heavy atom. The number of aliphatic hydroxyl groups excluding tert-OH is 5. The molecule has 0 rings (SSSR count). The maximum atomic E-state index is 10.7. The molecule has 0 saturated carbocycles. The third kappa shape index (κ3) is 16.4. The quantitative estimate of drug-likeness (QED) is 0.101. The van der Waals surface area contributed by atoms with E-state index >= 15 is 0 Å². The Morgan fingerprint density at radius 3 is 1.71 bits per heavy atom. The summed E-state index contributed by atoms with van der Waals surface area (Å²) in [5, 5.41) is 57.3. The molecule has 0 aliphatic heterocycles. The van der Waals surface area contributed by atoms with E-state index in [9.17, 15) is 30.3 Å². The molecule has 0 spiro atoms. The van der Waals surface area contributed by atoms with E-state index in [-0.39, 0.29) is 6.42 Å². The summed E-state index contributed by atoms with van der Waals surface area (Å²) < 4.78 is 0. The van der Waals surface area contributed by atoms with Crippen molar-refractivity contribution >= 4 is 5.97 Å². The monoisotopic (exact) mass is 502 g/mol. The molecule has 0 aromatic carbocycles. The van der Waals surface area contributed by atoms with E-state index in [4.69, 9.17) is 5.11 Å². The van der Waals surface area contributed by atoms with Crippen molar-refractivity contribution in [2.75, 3.05) is 0 Å². The number of hydrogen-bond acceptors (Lipinski definition) is 6. The molecule has 7 heteroatoms. The summed E-state index contributed by atoms with van der Waals surface area (Å²) in [4.78, 5) is 10.7. The Morgan fingerprint density at radius 1 is 0.686 bits per heavy atom. The van der Waals surface area contributed by atoms with Gasteiger partial charge in [-0.25, -0.2) is 4.79 Å². The minimum absolute atomic E-state index is 0.185. The Labute approximate surface area is 213 Å². The maximum Gasteiger partial charge on any atom is 0.335 e. The standard InChI is InChI=1S/C28H54O7/c1-19(2)11-8-13-21(4)15-10-17-22(5)16-9-14-20(3)12-6-7-18-23(29)24(30)25(31)26(32)27(33)28(34)35/h12,19,21-27,29-33H,6-11,13-18H2,1-5H3,(H,34,35)/t21?,22?,23?,24-,25-,26+,27+/m1/s1. The molecule has 0 aliphatic rings. The lowest BCUT2D eigenvalue weighted by atomic mass is 9.91. The van der Waals surface area contributed by atoms with E-state index in [0.717, 1.165) is 37.0 Å². The van der Waals surface area contributed by atoms with Crippen LogP contribution in [0.2, 0.25) is 0 Å². The van der Waals surface area contributed by atoms with Crippen molar-refractivity contribution in [1.82, 2.24) is 0 Å². The SMILES string of the molecule is CC(=CCCCC(O)[C@@H](O)[C@@H](O)[C@H](O)[C@H](O)C(=O)O)CCCC(C)CCCC(C)CCCC(C)C. The summed E-state index contributed by atoms with van der Waals surface area (Å²) >= 11 is 0. The van der Waals surface area contributed by atoms with Crippen LogP contribution in [0, 0.1) is 17.8 Å². The van der Waals surface area contributed by atoms with Gasteiger partial charge in [0.15, 0.2) is 6.10 Å². The second-order valence-electron chi connectivity index (χ2n) is 11.2. The summed E-state index contributed by atoms with van der Waals surface area (Å²) in [5.74, 6) is 0.662.